The van der Waals surface area contributed by atoms with Crippen LogP contribution in [0.3, 0.4) is 0 Å². The standard InChI is InChI=1S/C28H22N4O2/c1-18-7-9-21(10-8-18)28(34)29-22-13-11-19(12-14-22)26-31-24-16-15-23(17-25(24)32-26)30-27(33)20-5-3-2-4-6-20/h2-17H,1H3,(H,29,34)(H,30,33)(H,31,32). The summed E-state index contributed by atoms with van der Waals surface area (Å²) in [5.74, 6) is 0.391. The molecule has 0 aliphatic rings. The van der Waals surface area contributed by atoms with Crippen LogP contribution in [0.5, 0.6) is 0 Å². The number of benzene rings is 4. The van der Waals surface area contributed by atoms with Gasteiger partial charge in [-0.25, -0.2) is 4.98 Å². The first-order valence-corrected chi connectivity index (χ1v) is 10.9. The lowest BCUT2D eigenvalue weighted by Crippen LogP contribution is -2.11. The van der Waals surface area contributed by atoms with Gasteiger partial charge in [-0.1, -0.05) is 35.9 Å². The first kappa shape index (κ1) is 21.2. The van der Waals surface area contributed by atoms with E-state index in [1.165, 1.54) is 0 Å². The summed E-state index contributed by atoms with van der Waals surface area (Å²) in [5, 5.41) is 5.83. The summed E-state index contributed by atoms with van der Waals surface area (Å²) >= 11 is 0. The van der Waals surface area contributed by atoms with Gasteiger partial charge in [-0.2, -0.15) is 0 Å². The van der Waals surface area contributed by atoms with Crippen molar-refractivity contribution in [1.82, 2.24) is 9.97 Å². The Kier molecular flexibility index (Phi) is 5.62. The summed E-state index contributed by atoms with van der Waals surface area (Å²) in [6, 6.07) is 29.6. The molecule has 6 heteroatoms. The molecule has 0 aliphatic carbocycles. The number of rotatable bonds is 5. The van der Waals surface area contributed by atoms with Crippen LogP contribution < -0.4 is 10.6 Å². The molecular formula is C28H22N4O2. The number of carbonyl (C=O) groups excluding carboxylic acids is 2. The Bertz CT molecular complexity index is 1470. The maximum absolute atomic E-state index is 12.4. The van der Waals surface area contributed by atoms with Crippen molar-refractivity contribution in [2.75, 3.05) is 10.6 Å². The Morgan fingerprint density at radius 1 is 0.706 bits per heavy atom. The van der Waals surface area contributed by atoms with Gasteiger partial charge in [0, 0.05) is 28.1 Å². The number of fused-ring (bicyclic) bond motifs is 1. The average molecular weight is 447 g/mol. The first-order valence-electron chi connectivity index (χ1n) is 10.9. The van der Waals surface area contributed by atoms with Gasteiger partial charge >= 0.3 is 0 Å². The van der Waals surface area contributed by atoms with Crippen molar-refractivity contribution in [3.05, 3.63) is 114 Å². The van der Waals surface area contributed by atoms with Gasteiger partial charge in [0.25, 0.3) is 11.8 Å². The number of hydrogen-bond acceptors (Lipinski definition) is 3. The molecule has 0 unspecified atom stereocenters. The molecule has 6 nitrogen and oxygen atoms in total. The molecule has 3 N–H and O–H groups in total. The minimum Gasteiger partial charge on any atom is -0.338 e. The van der Waals surface area contributed by atoms with Gasteiger partial charge in [0.05, 0.1) is 11.0 Å². The zero-order valence-corrected chi connectivity index (χ0v) is 18.5. The third-order valence-electron chi connectivity index (χ3n) is 5.51. The molecule has 5 rings (SSSR count). The second-order valence-corrected chi connectivity index (χ2v) is 8.03. The molecule has 0 aliphatic heterocycles. The maximum Gasteiger partial charge on any atom is 0.255 e. The number of aromatic amines is 1. The van der Waals surface area contributed by atoms with E-state index in [9.17, 15) is 9.59 Å². The highest BCUT2D eigenvalue weighted by Gasteiger charge is 2.10. The van der Waals surface area contributed by atoms with Crippen molar-refractivity contribution in [1.29, 1.82) is 0 Å². The van der Waals surface area contributed by atoms with Crippen molar-refractivity contribution in [3.63, 3.8) is 0 Å². The maximum atomic E-state index is 12.4. The summed E-state index contributed by atoms with van der Waals surface area (Å²) in [6.07, 6.45) is 0. The Morgan fingerprint density at radius 3 is 2.03 bits per heavy atom. The Labute approximate surface area is 196 Å². The van der Waals surface area contributed by atoms with E-state index in [1.807, 2.05) is 91.9 Å². The van der Waals surface area contributed by atoms with Crippen LogP contribution in [-0.4, -0.2) is 21.8 Å². The lowest BCUT2D eigenvalue weighted by Gasteiger charge is -2.06. The predicted molar refractivity (Wildman–Crippen MR) is 135 cm³/mol. The summed E-state index contributed by atoms with van der Waals surface area (Å²) in [6.45, 7) is 1.99. The molecule has 0 saturated carbocycles. The van der Waals surface area contributed by atoms with E-state index in [2.05, 4.69) is 20.6 Å². The van der Waals surface area contributed by atoms with Crippen LogP contribution in [0.4, 0.5) is 11.4 Å². The van der Waals surface area contributed by atoms with E-state index in [-0.39, 0.29) is 11.8 Å². The van der Waals surface area contributed by atoms with E-state index < -0.39 is 0 Å². The monoisotopic (exact) mass is 446 g/mol. The fourth-order valence-electron chi connectivity index (χ4n) is 3.64. The third-order valence-corrected chi connectivity index (χ3v) is 5.51. The minimum absolute atomic E-state index is 0.151. The molecule has 2 amide bonds. The second kappa shape index (κ2) is 9.03. The predicted octanol–water partition coefficient (Wildman–Crippen LogP) is 6.04. The lowest BCUT2D eigenvalue weighted by atomic mass is 10.1. The highest BCUT2D eigenvalue weighted by molar-refractivity contribution is 6.05. The number of imidazole rings is 1. The first-order chi connectivity index (χ1) is 16.5. The quantitative estimate of drug-likeness (QED) is 0.307. The van der Waals surface area contributed by atoms with Crippen molar-refractivity contribution in [3.8, 4) is 11.4 Å². The van der Waals surface area contributed by atoms with Crippen molar-refractivity contribution >= 4 is 34.2 Å². The number of aryl methyl sites for hydroxylation is 1. The Morgan fingerprint density at radius 2 is 1.32 bits per heavy atom. The van der Waals surface area contributed by atoms with Gasteiger partial charge in [0.2, 0.25) is 0 Å². The van der Waals surface area contributed by atoms with Gasteiger partial charge in [0.1, 0.15) is 5.82 Å². The van der Waals surface area contributed by atoms with E-state index in [0.29, 0.717) is 28.3 Å². The van der Waals surface area contributed by atoms with Crippen LogP contribution in [0.25, 0.3) is 22.4 Å². The number of nitrogens with one attached hydrogen (secondary N) is 3. The molecule has 0 bridgehead atoms. The molecule has 1 aromatic heterocycles. The fraction of sp³-hybridized carbons (Fsp3) is 0.0357. The molecule has 0 saturated heterocycles. The number of H-pyrrole nitrogens is 1. The molecule has 4 aromatic carbocycles. The zero-order valence-electron chi connectivity index (χ0n) is 18.5. The number of amides is 2. The SMILES string of the molecule is Cc1ccc(C(=O)Nc2ccc(-c3nc4ccc(NC(=O)c5ccccc5)cc4[nH]3)cc2)cc1. The zero-order chi connectivity index (χ0) is 23.5. The third kappa shape index (κ3) is 4.56. The molecule has 1 heterocycles. The lowest BCUT2D eigenvalue weighted by molar-refractivity contribution is 0.101. The van der Waals surface area contributed by atoms with Crippen LogP contribution in [0.1, 0.15) is 26.3 Å². The molecule has 0 fully saturated rings. The average Bonchev–Trinajstić information content (AvgIpc) is 3.29. The van der Waals surface area contributed by atoms with Crippen LogP contribution in [0.2, 0.25) is 0 Å². The smallest absolute Gasteiger partial charge is 0.255 e. The highest BCUT2D eigenvalue weighted by atomic mass is 16.2. The number of anilines is 2. The molecule has 166 valence electrons. The molecule has 0 spiro atoms. The van der Waals surface area contributed by atoms with Gasteiger partial charge in [-0.05, 0) is 73.7 Å². The van der Waals surface area contributed by atoms with Crippen LogP contribution in [0, 0.1) is 6.92 Å². The van der Waals surface area contributed by atoms with Crippen molar-refractivity contribution in [2.45, 2.75) is 6.92 Å². The van der Waals surface area contributed by atoms with Crippen molar-refractivity contribution in [2.24, 2.45) is 0 Å². The molecule has 0 atom stereocenters. The topological polar surface area (TPSA) is 86.9 Å². The summed E-state index contributed by atoms with van der Waals surface area (Å²) in [7, 11) is 0. The number of nitrogens with zero attached hydrogens (tertiary/aromatic N) is 1. The van der Waals surface area contributed by atoms with Crippen LogP contribution in [-0.2, 0) is 0 Å². The van der Waals surface area contributed by atoms with Gasteiger partial charge in [-0.15, -0.1) is 0 Å². The van der Waals surface area contributed by atoms with E-state index >= 15 is 0 Å². The van der Waals surface area contributed by atoms with Gasteiger partial charge in [0.15, 0.2) is 0 Å². The van der Waals surface area contributed by atoms with Crippen molar-refractivity contribution < 1.29 is 9.59 Å². The largest absolute Gasteiger partial charge is 0.338 e. The fourth-order valence-corrected chi connectivity index (χ4v) is 3.64. The number of carbonyl (C=O) groups is 2. The van der Waals surface area contributed by atoms with E-state index in [1.54, 1.807) is 12.1 Å². The molecule has 0 radical (unpaired) electrons. The summed E-state index contributed by atoms with van der Waals surface area (Å²) in [4.78, 5) is 32.8. The van der Waals surface area contributed by atoms with Crippen LogP contribution >= 0.6 is 0 Å². The minimum atomic E-state index is -0.164. The van der Waals surface area contributed by atoms with Crippen LogP contribution in [0.15, 0.2) is 97.1 Å². The Balaban J connectivity index is 1.30. The molecule has 5 aromatic rings. The highest BCUT2D eigenvalue weighted by Crippen LogP contribution is 2.24. The van der Waals surface area contributed by atoms with E-state index in [0.717, 1.165) is 22.2 Å². The number of hydrogen-bond donors (Lipinski definition) is 3. The second-order valence-electron chi connectivity index (χ2n) is 8.03. The normalized spacial score (nSPS) is 10.7. The Hall–Kier alpha value is -4.71. The summed E-state index contributed by atoms with van der Waals surface area (Å²) in [5.41, 5.74) is 6.21. The molecular weight excluding hydrogens is 424 g/mol. The summed E-state index contributed by atoms with van der Waals surface area (Å²) < 4.78 is 0. The molecule has 34 heavy (non-hydrogen) atoms. The van der Waals surface area contributed by atoms with Gasteiger partial charge in [-0.3, -0.25) is 9.59 Å². The number of aromatic nitrogens is 2. The van der Waals surface area contributed by atoms with E-state index in [4.69, 9.17) is 0 Å². The van der Waals surface area contributed by atoms with Gasteiger partial charge < -0.3 is 15.6 Å².